The Morgan fingerprint density at radius 1 is 1.43 bits per heavy atom. The Bertz CT molecular complexity index is 474. The Morgan fingerprint density at radius 3 is 2.71 bits per heavy atom. The fourth-order valence-corrected chi connectivity index (χ4v) is 1.40. The van der Waals surface area contributed by atoms with Crippen molar-refractivity contribution in [2.45, 2.75) is 7.43 Å². The molecule has 1 aromatic heterocycles. The molecular formula is C10H12N2O2. The van der Waals surface area contributed by atoms with Crippen LogP contribution < -0.4 is 0 Å². The zero-order valence-corrected chi connectivity index (χ0v) is 7.06. The van der Waals surface area contributed by atoms with Crippen LogP contribution in [0.1, 0.15) is 17.9 Å². The molecule has 0 aliphatic carbocycles. The predicted octanol–water partition coefficient (Wildman–Crippen LogP) is 1.91. The third-order valence-electron chi connectivity index (χ3n) is 1.94. The molecule has 1 aromatic carbocycles. The Hall–Kier alpha value is -1.84. The molecule has 0 spiro atoms. The molecule has 0 saturated heterocycles. The van der Waals surface area contributed by atoms with Gasteiger partial charge in [0.05, 0.1) is 5.52 Å². The summed E-state index contributed by atoms with van der Waals surface area (Å²) in [7, 11) is 1.63. The Morgan fingerprint density at radius 2 is 2.07 bits per heavy atom. The molecule has 4 nitrogen and oxygen atoms in total. The van der Waals surface area contributed by atoms with E-state index in [0.29, 0.717) is 10.9 Å². The smallest absolute Gasteiger partial charge is 0.354 e. The van der Waals surface area contributed by atoms with Gasteiger partial charge in [-0.05, 0) is 6.07 Å². The number of aryl methyl sites for hydroxylation is 1. The average Bonchev–Trinajstić information content (AvgIpc) is 2.39. The van der Waals surface area contributed by atoms with Gasteiger partial charge in [-0.25, -0.2) is 4.79 Å². The van der Waals surface area contributed by atoms with E-state index in [4.69, 9.17) is 5.11 Å². The van der Waals surface area contributed by atoms with E-state index in [2.05, 4.69) is 5.10 Å². The highest BCUT2D eigenvalue weighted by Gasteiger charge is 2.13. The molecule has 0 atom stereocenters. The molecule has 4 heteroatoms. The van der Waals surface area contributed by atoms with Crippen molar-refractivity contribution in [1.82, 2.24) is 9.78 Å². The molecule has 2 aromatic rings. The highest BCUT2D eigenvalue weighted by atomic mass is 16.4. The zero-order chi connectivity index (χ0) is 9.42. The fraction of sp³-hybridized carbons (Fsp3) is 0.200. The summed E-state index contributed by atoms with van der Waals surface area (Å²) in [5.74, 6) is -0.948. The van der Waals surface area contributed by atoms with Crippen LogP contribution in [0.15, 0.2) is 24.3 Å². The van der Waals surface area contributed by atoms with Crippen molar-refractivity contribution in [1.29, 1.82) is 0 Å². The standard InChI is InChI=1S/C9H8N2O2.CH4/c1-11-8(9(12)13)6-4-2-3-5-7(6)10-11;/h2-5H,1H3,(H,12,13);1H4. The third-order valence-corrected chi connectivity index (χ3v) is 1.94. The van der Waals surface area contributed by atoms with Crippen LogP contribution in [0.5, 0.6) is 0 Å². The van der Waals surface area contributed by atoms with Crippen molar-refractivity contribution < 1.29 is 9.90 Å². The molecule has 0 amide bonds. The second-order valence-corrected chi connectivity index (χ2v) is 2.79. The van der Waals surface area contributed by atoms with Gasteiger partial charge in [0.1, 0.15) is 0 Å². The SMILES string of the molecule is C.Cn1nc2ccccc2c1C(=O)O. The van der Waals surface area contributed by atoms with Crippen LogP contribution in [-0.2, 0) is 7.05 Å². The number of fused-ring (bicyclic) bond motifs is 1. The normalized spacial score (nSPS) is 9.79. The van der Waals surface area contributed by atoms with Gasteiger partial charge in [-0.15, -0.1) is 0 Å². The molecular weight excluding hydrogens is 180 g/mol. The number of carboxylic acids is 1. The molecule has 0 radical (unpaired) electrons. The van der Waals surface area contributed by atoms with E-state index in [0.717, 1.165) is 0 Å². The van der Waals surface area contributed by atoms with Gasteiger partial charge in [-0.1, -0.05) is 25.6 Å². The predicted molar refractivity (Wildman–Crippen MR) is 54.4 cm³/mol. The Balaban J connectivity index is 0.000000980. The van der Waals surface area contributed by atoms with Crippen LogP contribution in [0.2, 0.25) is 0 Å². The van der Waals surface area contributed by atoms with Crippen LogP contribution in [0, 0.1) is 0 Å². The summed E-state index contributed by atoms with van der Waals surface area (Å²) in [5.41, 5.74) is 0.943. The van der Waals surface area contributed by atoms with Crippen molar-refractivity contribution in [3.05, 3.63) is 30.0 Å². The molecule has 1 N–H and O–H groups in total. The van der Waals surface area contributed by atoms with Crippen molar-refractivity contribution in [3.63, 3.8) is 0 Å². The van der Waals surface area contributed by atoms with Crippen LogP contribution in [-0.4, -0.2) is 20.9 Å². The van der Waals surface area contributed by atoms with E-state index in [1.807, 2.05) is 6.07 Å². The largest absolute Gasteiger partial charge is 0.477 e. The first-order valence-corrected chi connectivity index (χ1v) is 3.85. The maximum Gasteiger partial charge on any atom is 0.354 e. The van der Waals surface area contributed by atoms with Crippen LogP contribution >= 0.6 is 0 Å². The fourth-order valence-electron chi connectivity index (χ4n) is 1.40. The number of benzene rings is 1. The van der Waals surface area contributed by atoms with Gasteiger partial charge in [0.25, 0.3) is 0 Å². The lowest BCUT2D eigenvalue weighted by Gasteiger charge is -1.93. The highest BCUT2D eigenvalue weighted by molar-refractivity contribution is 6.01. The molecule has 0 unspecified atom stereocenters. The minimum atomic E-state index is -0.948. The first kappa shape index (κ1) is 10.2. The minimum Gasteiger partial charge on any atom is -0.477 e. The summed E-state index contributed by atoms with van der Waals surface area (Å²) in [6.45, 7) is 0. The van der Waals surface area contributed by atoms with Crippen molar-refractivity contribution in [2.24, 2.45) is 7.05 Å². The second kappa shape index (κ2) is 3.49. The maximum atomic E-state index is 10.8. The molecule has 0 saturated carbocycles. The molecule has 14 heavy (non-hydrogen) atoms. The summed E-state index contributed by atoms with van der Waals surface area (Å²) in [6.07, 6.45) is 0. The lowest BCUT2D eigenvalue weighted by atomic mass is 10.2. The molecule has 74 valence electrons. The van der Waals surface area contributed by atoms with E-state index in [9.17, 15) is 4.79 Å². The lowest BCUT2D eigenvalue weighted by molar-refractivity contribution is 0.0687. The van der Waals surface area contributed by atoms with E-state index in [-0.39, 0.29) is 13.1 Å². The van der Waals surface area contributed by atoms with Gasteiger partial charge in [0.15, 0.2) is 5.69 Å². The highest BCUT2D eigenvalue weighted by Crippen LogP contribution is 2.16. The van der Waals surface area contributed by atoms with Gasteiger partial charge in [-0.2, -0.15) is 5.10 Å². The van der Waals surface area contributed by atoms with Crippen molar-refractivity contribution in [2.75, 3.05) is 0 Å². The first-order valence-electron chi connectivity index (χ1n) is 3.85. The minimum absolute atomic E-state index is 0. The van der Waals surface area contributed by atoms with Gasteiger partial charge in [-0.3, -0.25) is 4.68 Å². The number of aromatic carboxylic acids is 1. The Labute approximate surface area is 81.8 Å². The van der Waals surface area contributed by atoms with Gasteiger partial charge >= 0.3 is 5.97 Å². The number of hydrogen-bond acceptors (Lipinski definition) is 2. The summed E-state index contributed by atoms with van der Waals surface area (Å²) in [4.78, 5) is 10.8. The first-order chi connectivity index (χ1) is 6.20. The monoisotopic (exact) mass is 192 g/mol. The van der Waals surface area contributed by atoms with E-state index >= 15 is 0 Å². The van der Waals surface area contributed by atoms with Crippen molar-refractivity contribution >= 4 is 16.9 Å². The molecule has 1 heterocycles. The zero-order valence-electron chi connectivity index (χ0n) is 7.06. The Kier molecular flexibility index (Phi) is 2.56. The number of hydrogen-bond donors (Lipinski definition) is 1. The third kappa shape index (κ3) is 1.35. The number of carboxylic acid groups (broad SMARTS) is 1. The summed E-state index contributed by atoms with van der Waals surface area (Å²) >= 11 is 0. The number of rotatable bonds is 1. The topological polar surface area (TPSA) is 55.1 Å². The van der Waals surface area contributed by atoms with E-state index in [1.165, 1.54) is 4.68 Å². The molecule has 0 aliphatic heterocycles. The number of nitrogens with zero attached hydrogens (tertiary/aromatic N) is 2. The van der Waals surface area contributed by atoms with Gasteiger partial charge in [0.2, 0.25) is 0 Å². The molecule has 0 bridgehead atoms. The maximum absolute atomic E-state index is 10.8. The molecule has 0 aliphatic rings. The van der Waals surface area contributed by atoms with E-state index in [1.54, 1.807) is 25.2 Å². The van der Waals surface area contributed by atoms with Crippen LogP contribution in [0.3, 0.4) is 0 Å². The van der Waals surface area contributed by atoms with Gasteiger partial charge in [0, 0.05) is 12.4 Å². The molecule has 2 rings (SSSR count). The van der Waals surface area contributed by atoms with Crippen molar-refractivity contribution in [3.8, 4) is 0 Å². The number of aromatic nitrogens is 2. The van der Waals surface area contributed by atoms with Gasteiger partial charge < -0.3 is 5.11 Å². The summed E-state index contributed by atoms with van der Waals surface area (Å²) < 4.78 is 1.38. The quantitative estimate of drug-likeness (QED) is 0.750. The summed E-state index contributed by atoms with van der Waals surface area (Å²) in [5, 5.41) is 13.6. The lowest BCUT2D eigenvalue weighted by Crippen LogP contribution is -2.05. The molecule has 0 fully saturated rings. The van der Waals surface area contributed by atoms with Crippen LogP contribution in [0.25, 0.3) is 10.9 Å². The van der Waals surface area contributed by atoms with E-state index < -0.39 is 5.97 Å². The summed E-state index contributed by atoms with van der Waals surface area (Å²) in [6, 6.07) is 7.19. The number of carbonyl (C=O) groups is 1. The average molecular weight is 192 g/mol. The second-order valence-electron chi connectivity index (χ2n) is 2.79. The van der Waals surface area contributed by atoms with Crippen LogP contribution in [0.4, 0.5) is 0 Å².